The minimum absolute atomic E-state index is 0.421. The average Bonchev–Trinajstić information content (AvgIpc) is 2.83. The van der Waals surface area contributed by atoms with Gasteiger partial charge in [0.2, 0.25) is 0 Å². The second kappa shape index (κ2) is 4.22. The monoisotopic (exact) mass is 262 g/mol. The van der Waals surface area contributed by atoms with E-state index in [2.05, 4.69) is 56.3 Å². The van der Waals surface area contributed by atoms with E-state index in [-0.39, 0.29) is 0 Å². The van der Waals surface area contributed by atoms with Crippen LogP contribution in [-0.4, -0.2) is 0 Å². The highest BCUT2D eigenvalue weighted by molar-refractivity contribution is 5.87. The summed E-state index contributed by atoms with van der Waals surface area (Å²) in [5.41, 5.74) is 5.38. The van der Waals surface area contributed by atoms with Crippen molar-refractivity contribution in [2.75, 3.05) is 0 Å². The molecule has 0 heteroatoms. The number of rotatable bonds is 0. The molecular formula is C20H22. The molecule has 0 amide bonds. The minimum atomic E-state index is 0.421. The number of allylic oxidation sites excluding steroid dienone is 2. The van der Waals surface area contributed by atoms with E-state index < -0.39 is 0 Å². The molecule has 2 unspecified atom stereocenters. The van der Waals surface area contributed by atoms with Crippen LogP contribution in [-0.2, 0) is 6.42 Å². The molecule has 0 radical (unpaired) electrons. The van der Waals surface area contributed by atoms with Crippen molar-refractivity contribution in [3.63, 3.8) is 0 Å². The fourth-order valence-electron chi connectivity index (χ4n) is 4.78. The molecule has 102 valence electrons. The van der Waals surface area contributed by atoms with Crippen LogP contribution in [0.25, 0.3) is 10.8 Å². The maximum absolute atomic E-state index is 2.50. The van der Waals surface area contributed by atoms with Crippen LogP contribution in [0.2, 0.25) is 0 Å². The zero-order valence-electron chi connectivity index (χ0n) is 12.4. The second-order valence-electron chi connectivity index (χ2n) is 6.68. The molecule has 0 saturated heterocycles. The first-order valence-electron chi connectivity index (χ1n) is 7.90. The highest BCUT2D eigenvalue weighted by atomic mass is 14.5. The summed E-state index contributed by atoms with van der Waals surface area (Å²) in [5.74, 6) is 0.738. The van der Waals surface area contributed by atoms with Crippen LogP contribution in [0.1, 0.15) is 50.2 Å². The summed E-state index contributed by atoms with van der Waals surface area (Å²) >= 11 is 0. The first-order valence-corrected chi connectivity index (χ1v) is 7.90. The predicted molar refractivity (Wildman–Crippen MR) is 86.1 cm³/mol. The van der Waals surface area contributed by atoms with Gasteiger partial charge in [0.15, 0.2) is 0 Å². The van der Waals surface area contributed by atoms with Crippen molar-refractivity contribution < 1.29 is 0 Å². The number of benzene rings is 2. The van der Waals surface area contributed by atoms with Crippen molar-refractivity contribution in [2.45, 2.75) is 45.4 Å². The van der Waals surface area contributed by atoms with Gasteiger partial charge in [0.05, 0.1) is 0 Å². The van der Waals surface area contributed by atoms with Crippen LogP contribution in [0.15, 0.2) is 48.0 Å². The second-order valence-corrected chi connectivity index (χ2v) is 6.68. The molecule has 0 aliphatic heterocycles. The van der Waals surface area contributed by atoms with Gasteiger partial charge < -0.3 is 0 Å². The first-order chi connectivity index (χ1) is 9.74. The molecule has 2 aliphatic rings. The van der Waals surface area contributed by atoms with Crippen LogP contribution in [0.5, 0.6) is 0 Å². The summed E-state index contributed by atoms with van der Waals surface area (Å²) in [6.45, 7) is 4.72. The van der Waals surface area contributed by atoms with E-state index in [0.29, 0.717) is 5.41 Å². The highest BCUT2D eigenvalue weighted by Crippen LogP contribution is 2.58. The maximum atomic E-state index is 2.50. The minimum Gasteiger partial charge on any atom is -0.0879 e. The molecule has 2 atom stereocenters. The third-order valence-corrected chi connectivity index (χ3v) is 5.90. The summed E-state index contributed by atoms with van der Waals surface area (Å²) < 4.78 is 0. The lowest BCUT2D eigenvalue weighted by Crippen LogP contribution is -2.28. The van der Waals surface area contributed by atoms with E-state index in [9.17, 15) is 0 Å². The fraction of sp³-hybridized carbons (Fsp3) is 0.400. The van der Waals surface area contributed by atoms with Crippen molar-refractivity contribution >= 4 is 10.8 Å². The normalized spacial score (nSPS) is 30.5. The lowest BCUT2D eigenvalue weighted by Gasteiger charge is -2.39. The largest absolute Gasteiger partial charge is 0.0879 e. The van der Waals surface area contributed by atoms with Gasteiger partial charge in [-0.2, -0.15) is 0 Å². The molecule has 20 heavy (non-hydrogen) atoms. The van der Waals surface area contributed by atoms with E-state index >= 15 is 0 Å². The first kappa shape index (κ1) is 12.2. The predicted octanol–water partition coefficient (Wildman–Crippen LogP) is 5.62. The van der Waals surface area contributed by atoms with Crippen molar-refractivity contribution in [3.05, 3.63) is 59.2 Å². The molecule has 0 nitrogen and oxygen atoms in total. The SMILES string of the molecule is C/C=C1/CCC2c3ccc4ccccc4c3CCC12C. The van der Waals surface area contributed by atoms with Gasteiger partial charge in [-0.1, -0.05) is 55.0 Å². The van der Waals surface area contributed by atoms with Crippen molar-refractivity contribution in [1.82, 2.24) is 0 Å². The smallest absolute Gasteiger partial charge is 0.00445 e. The highest BCUT2D eigenvalue weighted by Gasteiger charge is 2.45. The van der Waals surface area contributed by atoms with E-state index in [1.807, 2.05) is 0 Å². The molecular weight excluding hydrogens is 240 g/mol. The Morgan fingerprint density at radius 3 is 2.80 bits per heavy atom. The van der Waals surface area contributed by atoms with E-state index in [4.69, 9.17) is 0 Å². The quantitative estimate of drug-likeness (QED) is 0.541. The van der Waals surface area contributed by atoms with Crippen LogP contribution in [0.4, 0.5) is 0 Å². The van der Waals surface area contributed by atoms with E-state index in [1.54, 1.807) is 16.7 Å². The fourth-order valence-corrected chi connectivity index (χ4v) is 4.78. The number of fused-ring (bicyclic) bond motifs is 5. The lowest BCUT2D eigenvalue weighted by molar-refractivity contribution is 0.307. The molecule has 2 aromatic rings. The van der Waals surface area contributed by atoms with Gasteiger partial charge in [-0.15, -0.1) is 0 Å². The molecule has 1 fully saturated rings. The average molecular weight is 262 g/mol. The van der Waals surface area contributed by atoms with Gasteiger partial charge in [-0.05, 0) is 65.8 Å². The number of aryl methyl sites for hydroxylation is 1. The Balaban J connectivity index is 1.93. The van der Waals surface area contributed by atoms with Crippen LogP contribution < -0.4 is 0 Å². The van der Waals surface area contributed by atoms with Gasteiger partial charge in [-0.25, -0.2) is 0 Å². The van der Waals surface area contributed by atoms with E-state index in [0.717, 1.165) is 5.92 Å². The van der Waals surface area contributed by atoms with Crippen LogP contribution >= 0.6 is 0 Å². The van der Waals surface area contributed by atoms with Gasteiger partial charge in [-0.3, -0.25) is 0 Å². The zero-order valence-corrected chi connectivity index (χ0v) is 12.4. The van der Waals surface area contributed by atoms with Crippen molar-refractivity contribution in [1.29, 1.82) is 0 Å². The Labute approximate surface area is 121 Å². The lowest BCUT2D eigenvalue weighted by atomic mass is 9.65. The molecule has 2 aliphatic carbocycles. The summed E-state index contributed by atoms with van der Waals surface area (Å²) in [5, 5.41) is 2.89. The maximum Gasteiger partial charge on any atom is -0.00445 e. The van der Waals surface area contributed by atoms with E-state index in [1.165, 1.54) is 36.5 Å². The van der Waals surface area contributed by atoms with Gasteiger partial charge in [0.1, 0.15) is 0 Å². The van der Waals surface area contributed by atoms with Gasteiger partial charge in [0.25, 0.3) is 0 Å². The van der Waals surface area contributed by atoms with Gasteiger partial charge >= 0.3 is 0 Å². The molecule has 1 saturated carbocycles. The Morgan fingerprint density at radius 2 is 1.95 bits per heavy atom. The van der Waals surface area contributed by atoms with Gasteiger partial charge in [0, 0.05) is 0 Å². The summed E-state index contributed by atoms with van der Waals surface area (Å²) in [6.07, 6.45) is 7.57. The van der Waals surface area contributed by atoms with Crippen LogP contribution in [0, 0.1) is 5.41 Å². The molecule has 4 rings (SSSR count). The van der Waals surface area contributed by atoms with Crippen LogP contribution in [0.3, 0.4) is 0 Å². The Kier molecular flexibility index (Phi) is 2.57. The number of hydrogen-bond acceptors (Lipinski definition) is 0. The molecule has 0 spiro atoms. The Bertz CT molecular complexity index is 707. The Morgan fingerprint density at radius 1 is 1.10 bits per heavy atom. The molecule has 0 N–H and O–H groups in total. The number of hydrogen-bond donors (Lipinski definition) is 0. The summed E-state index contributed by atoms with van der Waals surface area (Å²) in [4.78, 5) is 0. The molecule has 0 aromatic heterocycles. The summed E-state index contributed by atoms with van der Waals surface area (Å²) in [7, 11) is 0. The van der Waals surface area contributed by atoms with Crippen molar-refractivity contribution in [3.8, 4) is 0 Å². The third kappa shape index (κ3) is 1.48. The topological polar surface area (TPSA) is 0 Å². The van der Waals surface area contributed by atoms with Crippen molar-refractivity contribution in [2.24, 2.45) is 5.41 Å². The Hall–Kier alpha value is -1.56. The standard InChI is InChI=1S/C20H22/c1-3-15-9-11-19-18-10-8-14-6-4-5-7-16(14)17(18)12-13-20(15,19)2/h3-8,10,19H,9,11-13H2,1-2H3/b15-3-. The molecule has 0 bridgehead atoms. The third-order valence-electron chi connectivity index (χ3n) is 5.90. The summed E-state index contributed by atoms with van der Waals surface area (Å²) in [6, 6.07) is 13.6. The molecule has 2 aromatic carbocycles. The molecule has 0 heterocycles. The zero-order chi connectivity index (χ0) is 13.7.